The Bertz CT molecular complexity index is 986. The molecule has 2 N–H and O–H groups in total. The lowest BCUT2D eigenvalue weighted by Crippen LogP contribution is -2.36. The molecule has 1 aliphatic heterocycles. The molecule has 0 unspecified atom stereocenters. The van der Waals surface area contributed by atoms with Crippen molar-refractivity contribution in [2.45, 2.75) is 25.8 Å². The standard InChI is InChI=1S/C19H20ClN5O2/c1-12-8-18(24-7-6-15(11-24)22-19(26)27)25-17(21-12)10-16(23-25)9-13-2-4-14(20)5-3-13/h2-5,8,10,15,22H,6-7,9,11H2,1H3,(H,26,27)/t15-/m1/s1. The van der Waals surface area contributed by atoms with E-state index in [4.69, 9.17) is 21.8 Å². The Morgan fingerprint density at radius 2 is 2.11 bits per heavy atom. The van der Waals surface area contributed by atoms with Crippen LogP contribution in [0.3, 0.4) is 0 Å². The number of nitrogens with zero attached hydrogens (tertiary/aromatic N) is 4. The molecule has 3 aromatic rings. The van der Waals surface area contributed by atoms with Gasteiger partial charge in [-0.05, 0) is 31.0 Å². The van der Waals surface area contributed by atoms with Crippen molar-refractivity contribution < 1.29 is 9.90 Å². The first kappa shape index (κ1) is 17.6. The summed E-state index contributed by atoms with van der Waals surface area (Å²) in [6.07, 6.45) is 0.484. The molecular weight excluding hydrogens is 366 g/mol. The molecule has 4 rings (SSSR count). The van der Waals surface area contributed by atoms with Crippen molar-refractivity contribution in [2.75, 3.05) is 18.0 Å². The van der Waals surface area contributed by atoms with Crippen molar-refractivity contribution in [1.82, 2.24) is 19.9 Å². The summed E-state index contributed by atoms with van der Waals surface area (Å²) in [6.45, 7) is 3.35. The molecule has 0 bridgehead atoms. The van der Waals surface area contributed by atoms with Crippen LogP contribution in [0.1, 0.15) is 23.4 Å². The number of hydrogen-bond donors (Lipinski definition) is 2. The van der Waals surface area contributed by atoms with Crippen LogP contribution in [0, 0.1) is 6.92 Å². The maximum Gasteiger partial charge on any atom is 0.404 e. The monoisotopic (exact) mass is 385 g/mol. The molecule has 0 radical (unpaired) electrons. The van der Waals surface area contributed by atoms with Gasteiger partial charge in [-0.3, -0.25) is 0 Å². The van der Waals surface area contributed by atoms with E-state index in [0.29, 0.717) is 18.0 Å². The summed E-state index contributed by atoms with van der Waals surface area (Å²) >= 11 is 5.96. The highest BCUT2D eigenvalue weighted by Gasteiger charge is 2.26. The van der Waals surface area contributed by atoms with E-state index in [1.54, 1.807) is 0 Å². The predicted octanol–water partition coefficient (Wildman–Crippen LogP) is 3.13. The number of benzene rings is 1. The Morgan fingerprint density at radius 3 is 2.85 bits per heavy atom. The molecule has 2 aromatic heterocycles. The zero-order valence-corrected chi connectivity index (χ0v) is 15.6. The van der Waals surface area contributed by atoms with Crippen molar-refractivity contribution in [3.05, 3.63) is 58.4 Å². The highest BCUT2D eigenvalue weighted by molar-refractivity contribution is 6.30. The summed E-state index contributed by atoms with van der Waals surface area (Å²) in [5.41, 5.74) is 3.76. The number of aryl methyl sites for hydroxylation is 1. The lowest BCUT2D eigenvalue weighted by Gasteiger charge is -2.19. The smallest absolute Gasteiger partial charge is 0.404 e. The topological polar surface area (TPSA) is 82.8 Å². The second kappa shape index (κ2) is 7.08. The first-order valence-corrected chi connectivity index (χ1v) is 9.21. The van der Waals surface area contributed by atoms with E-state index in [2.05, 4.69) is 15.2 Å². The average molecular weight is 386 g/mol. The minimum Gasteiger partial charge on any atom is -0.465 e. The van der Waals surface area contributed by atoms with Crippen LogP contribution in [0.25, 0.3) is 5.65 Å². The Kier molecular flexibility index (Phi) is 4.61. The summed E-state index contributed by atoms with van der Waals surface area (Å²) in [4.78, 5) is 17.6. The molecule has 1 aromatic carbocycles. The molecule has 3 heterocycles. The number of carbonyl (C=O) groups is 1. The average Bonchev–Trinajstić information content (AvgIpc) is 3.22. The minimum atomic E-state index is -0.984. The Labute approximate surface area is 161 Å². The molecular formula is C19H20ClN5O2. The number of fused-ring (bicyclic) bond motifs is 1. The van der Waals surface area contributed by atoms with Gasteiger partial charge in [0, 0.05) is 42.4 Å². The van der Waals surface area contributed by atoms with Crippen molar-refractivity contribution in [3.8, 4) is 0 Å². The maximum absolute atomic E-state index is 10.9. The number of nitrogens with one attached hydrogen (secondary N) is 1. The number of anilines is 1. The van der Waals surface area contributed by atoms with Crippen molar-refractivity contribution in [2.24, 2.45) is 0 Å². The van der Waals surface area contributed by atoms with E-state index in [-0.39, 0.29) is 6.04 Å². The van der Waals surface area contributed by atoms with Crippen molar-refractivity contribution in [3.63, 3.8) is 0 Å². The predicted molar refractivity (Wildman–Crippen MR) is 104 cm³/mol. The number of aromatic nitrogens is 3. The molecule has 1 atom stereocenters. The van der Waals surface area contributed by atoms with Crippen LogP contribution < -0.4 is 10.2 Å². The Balaban J connectivity index is 1.62. The fourth-order valence-electron chi connectivity index (χ4n) is 3.51. The number of carboxylic acid groups (broad SMARTS) is 1. The van der Waals surface area contributed by atoms with Gasteiger partial charge < -0.3 is 15.3 Å². The third-order valence-corrected chi connectivity index (χ3v) is 4.98. The maximum atomic E-state index is 10.9. The Morgan fingerprint density at radius 1 is 1.33 bits per heavy atom. The van der Waals surface area contributed by atoms with Crippen LogP contribution in [0.5, 0.6) is 0 Å². The van der Waals surface area contributed by atoms with Crippen molar-refractivity contribution in [1.29, 1.82) is 0 Å². The summed E-state index contributed by atoms with van der Waals surface area (Å²) in [7, 11) is 0. The van der Waals surface area contributed by atoms with Crippen LogP contribution in [0.15, 0.2) is 36.4 Å². The van der Waals surface area contributed by atoms with Crippen LogP contribution in [-0.2, 0) is 6.42 Å². The van der Waals surface area contributed by atoms with Crippen LogP contribution in [0.4, 0.5) is 10.6 Å². The van der Waals surface area contributed by atoms with Gasteiger partial charge in [0.15, 0.2) is 5.65 Å². The third kappa shape index (κ3) is 3.83. The summed E-state index contributed by atoms with van der Waals surface area (Å²) in [5.74, 6) is 0.939. The summed E-state index contributed by atoms with van der Waals surface area (Å²) in [6, 6.07) is 11.7. The van der Waals surface area contributed by atoms with Gasteiger partial charge >= 0.3 is 6.09 Å². The van der Waals surface area contributed by atoms with E-state index in [1.165, 1.54) is 0 Å². The molecule has 1 saturated heterocycles. The fourth-order valence-corrected chi connectivity index (χ4v) is 3.64. The van der Waals surface area contributed by atoms with E-state index >= 15 is 0 Å². The number of halogens is 1. The highest BCUT2D eigenvalue weighted by Crippen LogP contribution is 2.23. The number of rotatable bonds is 4. The largest absolute Gasteiger partial charge is 0.465 e. The number of amides is 1. The second-order valence-electron chi connectivity index (χ2n) is 6.85. The van der Waals surface area contributed by atoms with E-state index in [1.807, 2.05) is 47.8 Å². The van der Waals surface area contributed by atoms with Crippen LogP contribution in [-0.4, -0.2) is 44.9 Å². The third-order valence-electron chi connectivity index (χ3n) is 4.73. The SMILES string of the molecule is Cc1cc(N2CC[C@@H](NC(=O)O)C2)n2nc(Cc3ccc(Cl)cc3)cc2n1. The van der Waals surface area contributed by atoms with Gasteiger partial charge in [-0.15, -0.1) is 0 Å². The van der Waals surface area contributed by atoms with Gasteiger partial charge in [0.25, 0.3) is 0 Å². The molecule has 0 spiro atoms. The highest BCUT2D eigenvalue weighted by atomic mass is 35.5. The second-order valence-corrected chi connectivity index (χ2v) is 7.28. The van der Waals surface area contributed by atoms with Gasteiger partial charge in [0.05, 0.1) is 11.7 Å². The lowest BCUT2D eigenvalue weighted by atomic mass is 10.1. The molecule has 1 amide bonds. The zero-order valence-electron chi connectivity index (χ0n) is 14.9. The van der Waals surface area contributed by atoms with E-state index in [0.717, 1.165) is 41.4 Å². The minimum absolute atomic E-state index is 0.0740. The van der Waals surface area contributed by atoms with Gasteiger partial charge in [0.1, 0.15) is 5.82 Å². The molecule has 1 fully saturated rings. The first-order chi connectivity index (χ1) is 13.0. The molecule has 1 aliphatic rings. The zero-order chi connectivity index (χ0) is 19.0. The molecule has 0 aliphatic carbocycles. The summed E-state index contributed by atoms with van der Waals surface area (Å²) in [5, 5.41) is 17.0. The van der Waals surface area contributed by atoms with Gasteiger partial charge in [0.2, 0.25) is 0 Å². The lowest BCUT2D eigenvalue weighted by molar-refractivity contribution is 0.191. The van der Waals surface area contributed by atoms with E-state index < -0.39 is 6.09 Å². The summed E-state index contributed by atoms with van der Waals surface area (Å²) < 4.78 is 1.85. The van der Waals surface area contributed by atoms with Crippen molar-refractivity contribution >= 4 is 29.2 Å². The van der Waals surface area contributed by atoms with Crippen LogP contribution in [0.2, 0.25) is 5.02 Å². The quantitative estimate of drug-likeness (QED) is 0.721. The molecule has 27 heavy (non-hydrogen) atoms. The van der Waals surface area contributed by atoms with Gasteiger partial charge in [-0.2, -0.15) is 9.61 Å². The first-order valence-electron chi connectivity index (χ1n) is 8.83. The molecule has 8 heteroatoms. The van der Waals surface area contributed by atoms with Gasteiger partial charge in [-0.1, -0.05) is 23.7 Å². The number of hydrogen-bond acceptors (Lipinski definition) is 4. The molecule has 7 nitrogen and oxygen atoms in total. The molecule has 140 valence electrons. The molecule has 0 saturated carbocycles. The fraction of sp³-hybridized carbons (Fsp3) is 0.316. The Hall–Kier alpha value is -2.80. The van der Waals surface area contributed by atoms with Crippen LogP contribution >= 0.6 is 11.6 Å². The normalized spacial score (nSPS) is 16.8. The van der Waals surface area contributed by atoms with Gasteiger partial charge in [-0.25, -0.2) is 9.78 Å². The van der Waals surface area contributed by atoms with E-state index in [9.17, 15) is 4.79 Å².